The highest BCUT2D eigenvalue weighted by atomic mass is 32.2. The Morgan fingerprint density at radius 2 is 1.96 bits per heavy atom. The maximum Gasteiger partial charge on any atom is 0.372 e. The summed E-state index contributed by atoms with van der Waals surface area (Å²) >= 11 is 0. The third-order valence-corrected chi connectivity index (χ3v) is 5.10. The summed E-state index contributed by atoms with van der Waals surface area (Å²) in [5.41, 5.74) is 1.55. The highest BCUT2D eigenvalue weighted by molar-refractivity contribution is 7.89. The van der Waals surface area contributed by atoms with Crippen molar-refractivity contribution in [1.29, 1.82) is 0 Å². The van der Waals surface area contributed by atoms with Crippen molar-refractivity contribution >= 4 is 21.7 Å². The average molecular weight is 348 g/mol. The SMILES string of the molecule is Cc1c(C(=O)O)oc2c1/C(=N/NS(=O)(=O)c1ccccc1)CCC2. The predicted octanol–water partition coefficient (Wildman–Crippen LogP) is 2.31. The van der Waals surface area contributed by atoms with Gasteiger partial charge in [-0.1, -0.05) is 18.2 Å². The van der Waals surface area contributed by atoms with E-state index in [2.05, 4.69) is 9.93 Å². The first-order valence-electron chi connectivity index (χ1n) is 7.39. The summed E-state index contributed by atoms with van der Waals surface area (Å²) in [6.45, 7) is 1.64. The van der Waals surface area contributed by atoms with Gasteiger partial charge in [-0.3, -0.25) is 0 Å². The fraction of sp³-hybridized carbons (Fsp3) is 0.250. The van der Waals surface area contributed by atoms with Crippen molar-refractivity contribution in [2.75, 3.05) is 0 Å². The Bertz CT molecular complexity index is 913. The number of aryl methyl sites for hydroxylation is 1. The predicted molar refractivity (Wildman–Crippen MR) is 86.6 cm³/mol. The lowest BCUT2D eigenvalue weighted by Gasteiger charge is -2.14. The first kappa shape index (κ1) is 16.3. The van der Waals surface area contributed by atoms with Crippen LogP contribution in [0.1, 0.15) is 40.3 Å². The Hall–Kier alpha value is -2.61. The fourth-order valence-corrected chi connectivity index (χ4v) is 3.60. The van der Waals surface area contributed by atoms with E-state index in [1.54, 1.807) is 25.1 Å². The van der Waals surface area contributed by atoms with Gasteiger partial charge in [-0.05, 0) is 31.9 Å². The van der Waals surface area contributed by atoms with Gasteiger partial charge in [0.15, 0.2) is 0 Å². The number of hydrazone groups is 1. The van der Waals surface area contributed by atoms with Gasteiger partial charge in [0.1, 0.15) is 5.76 Å². The standard InChI is InChI=1S/C16H16N2O5S/c1-10-14-12(8-5-9-13(14)23-15(10)16(19)20)17-18-24(21,22)11-6-3-2-4-7-11/h2-4,6-7,18H,5,8-9H2,1H3,(H,19,20)/b17-12+. The molecule has 2 aromatic rings. The van der Waals surface area contributed by atoms with Crippen molar-refractivity contribution < 1.29 is 22.7 Å². The highest BCUT2D eigenvalue weighted by Gasteiger charge is 2.28. The van der Waals surface area contributed by atoms with Crippen LogP contribution in [0.4, 0.5) is 0 Å². The molecule has 1 aromatic carbocycles. The van der Waals surface area contributed by atoms with Crippen LogP contribution in [0.2, 0.25) is 0 Å². The van der Waals surface area contributed by atoms with Gasteiger partial charge in [0.2, 0.25) is 5.76 Å². The molecule has 1 heterocycles. The summed E-state index contributed by atoms with van der Waals surface area (Å²) in [6, 6.07) is 7.92. The molecule has 1 aromatic heterocycles. The van der Waals surface area contributed by atoms with Crippen LogP contribution in [-0.4, -0.2) is 25.2 Å². The molecule has 0 saturated carbocycles. The second-order valence-electron chi connectivity index (χ2n) is 5.48. The van der Waals surface area contributed by atoms with E-state index in [1.807, 2.05) is 0 Å². The van der Waals surface area contributed by atoms with Crippen LogP contribution in [0.5, 0.6) is 0 Å². The fourth-order valence-electron chi connectivity index (χ4n) is 2.75. The van der Waals surface area contributed by atoms with E-state index in [0.29, 0.717) is 41.9 Å². The summed E-state index contributed by atoms with van der Waals surface area (Å²) in [6.07, 6.45) is 1.86. The third kappa shape index (κ3) is 2.92. The molecule has 2 N–H and O–H groups in total. The average Bonchev–Trinajstić information content (AvgIpc) is 2.92. The van der Waals surface area contributed by atoms with Crippen molar-refractivity contribution in [2.45, 2.75) is 31.1 Å². The van der Waals surface area contributed by atoms with Crippen molar-refractivity contribution in [3.05, 3.63) is 53.0 Å². The molecule has 24 heavy (non-hydrogen) atoms. The second-order valence-corrected chi connectivity index (χ2v) is 7.14. The number of hydrogen-bond acceptors (Lipinski definition) is 5. The molecular weight excluding hydrogens is 332 g/mol. The van der Waals surface area contributed by atoms with Crippen LogP contribution in [0.15, 0.2) is 44.7 Å². The van der Waals surface area contributed by atoms with E-state index >= 15 is 0 Å². The minimum Gasteiger partial charge on any atom is -0.475 e. The Kier molecular flexibility index (Phi) is 4.15. The Morgan fingerprint density at radius 3 is 2.62 bits per heavy atom. The zero-order chi connectivity index (χ0) is 17.3. The summed E-state index contributed by atoms with van der Waals surface area (Å²) in [5, 5.41) is 13.2. The van der Waals surface area contributed by atoms with Crippen molar-refractivity contribution in [1.82, 2.24) is 4.83 Å². The second kappa shape index (κ2) is 6.12. The number of carboxylic acid groups (broad SMARTS) is 1. The molecule has 0 saturated heterocycles. The molecule has 1 aliphatic rings. The number of carboxylic acids is 1. The number of aromatic carboxylic acids is 1. The number of benzene rings is 1. The van der Waals surface area contributed by atoms with Crippen molar-refractivity contribution in [2.24, 2.45) is 5.10 Å². The molecule has 0 amide bonds. The number of nitrogens with one attached hydrogen (secondary N) is 1. The summed E-state index contributed by atoms with van der Waals surface area (Å²) in [5.74, 6) is -0.736. The molecule has 8 heteroatoms. The highest BCUT2D eigenvalue weighted by Crippen LogP contribution is 2.29. The first-order chi connectivity index (χ1) is 11.4. The number of hydrogen-bond donors (Lipinski definition) is 2. The van der Waals surface area contributed by atoms with Gasteiger partial charge >= 0.3 is 5.97 Å². The van der Waals surface area contributed by atoms with E-state index in [0.717, 1.165) is 0 Å². The largest absolute Gasteiger partial charge is 0.475 e. The molecule has 0 bridgehead atoms. The summed E-state index contributed by atoms with van der Waals surface area (Å²) in [7, 11) is -3.77. The molecule has 7 nitrogen and oxygen atoms in total. The smallest absolute Gasteiger partial charge is 0.372 e. The molecule has 126 valence electrons. The van der Waals surface area contributed by atoms with Gasteiger partial charge in [0, 0.05) is 17.5 Å². The van der Waals surface area contributed by atoms with E-state index in [9.17, 15) is 13.2 Å². The van der Waals surface area contributed by atoms with Crippen LogP contribution in [-0.2, 0) is 16.4 Å². The molecule has 0 aliphatic heterocycles. The zero-order valence-corrected chi connectivity index (χ0v) is 13.8. The topological polar surface area (TPSA) is 109 Å². The van der Waals surface area contributed by atoms with Gasteiger partial charge < -0.3 is 9.52 Å². The number of sulfonamides is 1. The monoisotopic (exact) mass is 348 g/mol. The minimum absolute atomic E-state index is 0.112. The van der Waals surface area contributed by atoms with Gasteiger partial charge in [0.05, 0.1) is 10.6 Å². The quantitative estimate of drug-likeness (QED) is 0.824. The molecule has 3 rings (SSSR count). The van der Waals surface area contributed by atoms with E-state index in [1.165, 1.54) is 12.1 Å². The van der Waals surface area contributed by atoms with Gasteiger partial charge in [-0.15, -0.1) is 0 Å². The molecule has 0 fully saturated rings. The third-order valence-electron chi connectivity index (χ3n) is 3.87. The molecule has 0 radical (unpaired) electrons. The maximum absolute atomic E-state index is 12.2. The molecule has 0 atom stereocenters. The zero-order valence-electron chi connectivity index (χ0n) is 12.9. The Morgan fingerprint density at radius 1 is 1.25 bits per heavy atom. The molecule has 0 spiro atoms. The van der Waals surface area contributed by atoms with Crippen LogP contribution in [0.3, 0.4) is 0 Å². The van der Waals surface area contributed by atoms with Gasteiger partial charge in [-0.2, -0.15) is 18.4 Å². The van der Waals surface area contributed by atoms with Crippen LogP contribution >= 0.6 is 0 Å². The van der Waals surface area contributed by atoms with Crippen LogP contribution in [0, 0.1) is 6.92 Å². The number of carbonyl (C=O) groups is 1. The molecule has 0 unspecified atom stereocenters. The van der Waals surface area contributed by atoms with Crippen LogP contribution in [0.25, 0.3) is 0 Å². The van der Waals surface area contributed by atoms with Gasteiger partial charge in [-0.25, -0.2) is 4.79 Å². The normalized spacial score (nSPS) is 16.0. The number of fused-ring (bicyclic) bond motifs is 1. The van der Waals surface area contributed by atoms with E-state index < -0.39 is 16.0 Å². The van der Waals surface area contributed by atoms with Crippen LogP contribution < -0.4 is 4.83 Å². The molecular formula is C16H16N2O5S. The lowest BCUT2D eigenvalue weighted by atomic mass is 9.93. The number of furan rings is 1. The van der Waals surface area contributed by atoms with Crippen molar-refractivity contribution in [3.8, 4) is 0 Å². The Balaban J connectivity index is 1.95. The Labute approximate surface area is 139 Å². The minimum atomic E-state index is -3.77. The summed E-state index contributed by atoms with van der Waals surface area (Å²) < 4.78 is 29.9. The van der Waals surface area contributed by atoms with E-state index in [4.69, 9.17) is 9.52 Å². The maximum atomic E-state index is 12.2. The van der Waals surface area contributed by atoms with Crippen molar-refractivity contribution in [3.63, 3.8) is 0 Å². The lowest BCUT2D eigenvalue weighted by Crippen LogP contribution is -2.22. The summed E-state index contributed by atoms with van der Waals surface area (Å²) in [4.78, 5) is 13.5. The lowest BCUT2D eigenvalue weighted by molar-refractivity contribution is 0.0659. The van der Waals surface area contributed by atoms with Gasteiger partial charge in [0.25, 0.3) is 10.0 Å². The number of rotatable bonds is 4. The molecule has 1 aliphatic carbocycles. The number of nitrogens with zero attached hydrogens (tertiary/aromatic N) is 1. The van der Waals surface area contributed by atoms with E-state index in [-0.39, 0.29) is 10.7 Å². The first-order valence-corrected chi connectivity index (χ1v) is 8.88.